The van der Waals surface area contributed by atoms with E-state index in [1.54, 1.807) is 0 Å². The second-order valence-corrected chi connectivity index (χ2v) is 6.73. The molecule has 0 aliphatic heterocycles. The van der Waals surface area contributed by atoms with Crippen molar-refractivity contribution in [2.75, 3.05) is 0 Å². The molecule has 2 rings (SSSR count). The first-order valence-electron chi connectivity index (χ1n) is 7.14. The quantitative estimate of drug-likeness (QED) is 0.846. The van der Waals surface area contributed by atoms with Gasteiger partial charge in [0.15, 0.2) is 0 Å². The number of hydrogen-bond donors (Lipinski definition) is 1. The van der Waals surface area contributed by atoms with Gasteiger partial charge in [0.1, 0.15) is 0 Å². The van der Waals surface area contributed by atoms with E-state index in [2.05, 4.69) is 59.4 Å². The van der Waals surface area contributed by atoms with Gasteiger partial charge in [-0.05, 0) is 42.4 Å². The molecule has 1 aliphatic carbocycles. The van der Waals surface area contributed by atoms with Crippen LogP contribution in [0.4, 0.5) is 0 Å². The largest absolute Gasteiger partial charge is 0.310 e. The third-order valence-corrected chi connectivity index (χ3v) is 4.63. The summed E-state index contributed by atoms with van der Waals surface area (Å²) in [6.07, 6.45) is 5.54. The third kappa shape index (κ3) is 3.83. The Morgan fingerprint density at radius 3 is 2.78 bits per heavy atom. The molecule has 0 heterocycles. The maximum atomic E-state index is 3.78. The molecule has 2 atom stereocenters. The first-order valence-corrected chi connectivity index (χ1v) is 7.94. The molecule has 100 valence electrons. The lowest BCUT2D eigenvalue weighted by Crippen LogP contribution is -2.40. The predicted octanol–water partition coefficient (Wildman–Crippen LogP) is 4.75. The average molecular weight is 310 g/mol. The highest BCUT2D eigenvalue weighted by Crippen LogP contribution is 2.30. The van der Waals surface area contributed by atoms with Crippen LogP contribution in [0.1, 0.15) is 45.1 Å². The van der Waals surface area contributed by atoms with Gasteiger partial charge >= 0.3 is 0 Å². The van der Waals surface area contributed by atoms with Gasteiger partial charge in [0.25, 0.3) is 0 Å². The van der Waals surface area contributed by atoms with Crippen molar-refractivity contribution in [1.82, 2.24) is 5.32 Å². The van der Waals surface area contributed by atoms with Crippen molar-refractivity contribution in [3.05, 3.63) is 34.3 Å². The normalized spacial score (nSPS) is 24.4. The lowest BCUT2D eigenvalue weighted by atomic mass is 9.78. The number of nitrogens with one attached hydrogen (secondary N) is 1. The molecule has 0 aromatic heterocycles. The molecule has 0 radical (unpaired) electrons. The molecule has 1 aromatic carbocycles. The zero-order chi connectivity index (χ0) is 13.0. The summed E-state index contributed by atoms with van der Waals surface area (Å²) >= 11 is 3.54. The van der Waals surface area contributed by atoms with E-state index in [0.717, 1.165) is 18.4 Å². The fraction of sp³-hybridized carbons (Fsp3) is 0.625. The smallest absolute Gasteiger partial charge is 0.0208 e. The van der Waals surface area contributed by atoms with Crippen LogP contribution in [0.5, 0.6) is 0 Å². The van der Waals surface area contributed by atoms with Crippen LogP contribution in [0.3, 0.4) is 0 Å². The molecule has 1 nitrogen and oxygen atoms in total. The lowest BCUT2D eigenvalue weighted by Gasteiger charge is -2.35. The summed E-state index contributed by atoms with van der Waals surface area (Å²) in [6.45, 7) is 5.72. The van der Waals surface area contributed by atoms with Crippen molar-refractivity contribution in [2.45, 2.75) is 52.1 Å². The molecule has 1 saturated carbocycles. The fourth-order valence-electron chi connectivity index (χ4n) is 3.11. The maximum Gasteiger partial charge on any atom is 0.0208 e. The highest BCUT2D eigenvalue weighted by Gasteiger charge is 2.26. The molecular formula is C16H24BrN. The van der Waals surface area contributed by atoms with Crippen LogP contribution in [0, 0.1) is 11.8 Å². The SMILES string of the molecule is CC(C)C1CCCCC1NCc1cccc(Br)c1. The Labute approximate surface area is 119 Å². The van der Waals surface area contributed by atoms with Gasteiger partial charge in [-0.25, -0.2) is 0 Å². The minimum Gasteiger partial charge on any atom is -0.310 e. The average Bonchev–Trinajstić information content (AvgIpc) is 2.37. The Bertz CT molecular complexity index is 375. The van der Waals surface area contributed by atoms with E-state index in [1.807, 2.05) is 0 Å². The second-order valence-electron chi connectivity index (χ2n) is 5.81. The topological polar surface area (TPSA) is 12.0 Å². The van der Waals surface area contributed by atoms with Crippen molar-refractivity contribution in [3.63, 3.8) is 0 Å². The maximum absolute atomic E-state index is 3.78. The standard InChI is InChI=1S/C16H24BrN/c1-12(2)15-8-3-4-9-16(15)18-11-13-6-5-7-14(17)10-13/h5-7,10,12,15-16,18H,3-4,8-9,11H2,1-2H3. The second kappa shape index (κ2) is 6.72. The molecule has 2 heteroatoms. The molecule has 18 heavy (non-hydrogen) atoms. The summed E-state index contributed by atoms with van der Waals surface area (Å²) in [5.41, 5.74) is 1.37. The molecule has 1 aromatic rings. The first kappa shape index (κ1) is 14.1. The van der Waals surface area contributed by atoms with Crippen molar-refractivity contribution >= 4 is 15.9 Å². The van der Waals surface area contributed by atoms with Gasteiger partial charge in [-0.3, -0.25) is 0 Å². The van der Waals surface area contributed by atoms with Crippen molar-refractivity contribution < 1.29 is 0 Å². The zero-order valence-electron chi connectivity index (χ0n) is 11.5. The molecule has 0 bridgehead atoms. The minimum absolute atomic E-state index is 0.706. The Balaban J connectivity index is 1.91. The molecule has 0 spiro atoms. The van der Waals surface area contributed by atoms with Gasteiger partial charge in [-0.1, -0.05) is 54.8 Å². The van der Waals surface area contributed by atoms with Crippen LogP contribution < -0.4 is 5.32 Å². The molecule has 1 aliphatic rings. The number of benzene rings is 1. The van der Waals surface area contributed by atoms with Crippen LogP contribution in [-0.2, 0) is 6.54 Å². The van der Waals surface area contributed by atoms with E-state index < -0.39 is 0 Å². The highest BCUT2D eigenvalue weighted by atomic mass is 79.9. The molecule has 1 fully saturated rings. The summed E-state index contributed by atoms with van der Waals surface area (Å²) in [5.74, 6) is 1.65. The van der Waals surface area contributed by atoms with E-state index in [9.17, 15) is 0 Å². The highest BCUT2D eigenvalue weighted by molar-refractivity contribution is 9.10. The lowest BCUT2D eigenvalue weighted by molar-refractivity contribution is 0.204. The van der Waals surface area contributed by atoms with E-state index in [4.69, 9.17) is 0 Å². The van der Waals surface area contributed by atoms with E-state index >= 15 is 0 Å². The number of halogens is 1. The van der Waals surface area contributed by atoms with E-state index in [0.29, 0.717) is 6.04 Å². The summed E-state index contributed by atoms with van der Waals surface area (Å²) in [5, 5.41) is 3.78. The molecule has 0 saturated heterocycles. The van der Waals surface area contributed by atoms with Gasteiger partial charge in [0, 0.05) is 17.1 Å². The van der Waals surface area contributed by atoms with Crippen LogP contribution in [0.25, 0.3) is 0 Å². The van der Waals surface area contributed by atoms with Crippen LogP contribution >= 0.6 is 15.9 Å². The minimum atomic E-state index is 0.706. The number of rotatable bonds is 4. The fourth-order valence-corrected chi connectivity index (χ4v) is 3.55. The van der Waals surface area contributed by atoms with Crippen LogP contribution in [0.2, 0.25) is 0 Å². The number of hydrogen-bond acceptors (Lipinski definition) is 1. The Kier molecular flexibility index (Phi) is 5.25. The van der Waals surface area contributed by atoms with Gasteiger partial charge in [-0.15, -0.1) is 0 Å². The summed E-state index contributed by atoms with van der Waals surface area (Å²) < 4.78 is 1.17. The van der Waals surface area contributed by atoms with E-state index in [1.165, 1.54) is 35.7 Å². The van der Waals surface area contributed by atoms with Gasteiger partial charge in [-0.2, -0.15) is 0 Å². The summed E-state index contributed by atoms with van der Waals surface area (Å²) in [6, 6.07) is 9.31. The Morgan fingerprint density at radius 1 is 1.28 bits per heavy atom. The zero-order valence-corrected chi connectivity index (χ0v) is 13.0. The molecule has 2 unspecified atom stereocenters. The van der Waals surface area contributed by atoms with Crippen molar-refractivity contribution in [1.29, 1.82) is 0 Å². The van der Waals surface area contributed by atoms with Crippen molar-refractivity contribution in [2.24, 2.45) is 11.8 Å². The van der Waals surface area contributed by atoms with Crippen LogP contribution in [0.15, 0.2) is 28.7 Å². The summed E-state index contributed by atoms with van der Waals surface area (Å²) in [4.78, 5) is 0. The van der Waals surface area contributed by atoms with Gasteiger partial charge < -0.3 is 5.32 Å². The molecular weight excluding hydrogens is 286 g/mol. The van der Waals surface area contributed by atoms with Gasteiger partial charge in [0.2, 0.25) is 0 Å². The molecule has 1 N–H and O–H groups in total. The first-order chi connectivity index (χ1) is 8.66. The van der Waals surface area contributed by atoms with E-state index in [-0.39, 0.29) is 0 Å². The van der Waals surface area contributed by atoms with Crippen LogP contribution in [-0.4, -0.2) is 6.04 Å². The van der Waals surface area contributed by atoms with Gasteiger partial charge in [0.05, 0.1) is 0 Å². The Hall–Kier alpha value is -0.340. The monoisotopic (exact) mass is 309 g/mol. The third-order valence-electron chi connectivity index (χ3n) is 4.13. The Morgan fingerprint density at radius 2 is 2.06 bits per heavy atom. The van der Waals surface area contributed by atoms with Crippen molar-refractivity contribution in [3.8, 4) is 0 Å². The predicted molar refractivity (Wildman–Crippen MR) is 81.6 cm³/mol. The molecule has 0 amide bonds. The summed E-state index contributed by atoms with van der Waals surface area (Å²) in [7, 11) is 0.